The smallest absolute Gasteiger partial charge is 0.182 e. The number of ether oxygens (including phenoxy) is 1. The van der Waals surface area contributed by atoms with E-state index in [4.69, 9.17) is 16.3 Å². The molecule has 0 aliphatic carbocycles. The fourth-order valence-electron chi connectivity index (χ4n) is 1.09. The zero-order valence-corrected chi connectivity index (χ0v) is 8.75. The van der Waals surface area contributed by atoms with E-state index in [0.717, 1.165) is 0 Å². The molecular formula is C10H12ClNO2. The first-order valence-electron chi connectivity index (χ1n) is 4.38. The minimum Gasteiger partial charge on any atom is -0.385 e. The fraction of sp³-hybridized carbons (Fsp3) is 0.400. The van der Waals surface area contributed by atoms with Crippen LogP contribution in [0.2, 0.25) is 5.02 Å². The molecule has 1 aromatic heterocycles. The normalized spacial score (nSPS) is 10.1. The van der Waals surface area contributed by atoms with Crippen LogP contribution >= 0.6 is 11.6 Å². The summed E-state index contributed by atoms with van der Waals surface area (Å²) in [5.41, 5.74) is 0.352. The number of carbonyl (C=O) groups excluding carboxylic acids is 1. The third-order valence-electron chi connectivity index (χ3n) is 1.77. The summed E-state index contributed by atoms with van der Waals surface area (Å²) in [6, 6.07) is 3.37. The van der Waals surface area contributed by atoms with Crippen LogP contribution in [0.5, 0.6) is 0 Å². The van der Waals surface area contributed by atoms with Crippen LogP contribution in [-0.2, 0) is 4.74 Å². The maximum Gasteiger partial charge on any atom is 0.182 e. The van der Waals surface area contributed by atoms with Crippen LogP contribution in [-0.4, -0.2) is 24.5 Å². The van der Waals surface area contributed by atoms with Crippen LogP contribution in [0.1, 0.15) is 23.3 Å². The molecule has 0 unspecified atom stereocenters. The number of nitrogens with zero attached hydrogens (tertiary/aromatic N) is 1. The van der Waals surface area contributed by atoms with Gasteiger partial charge in [0.15, 0.2) is 5.78 Å². The zero-order valence-electron chi connectivity index (χ0n) is 8.00. The number of pyridine rings is 1. The van der Waals surface area contributed by atoms with E-state index in [1.165, 1.54) is 0 Å². The van der Waals surface area contributed by atoms with Gasteiger partial charge in [-0.05, 0) is 18.6 Å². The molecule has 0 amide bonds. The lowest BCUT2D eigenvalue weighted by Crippen LogP contribution is -2.04. The molecule has 1 aromatic rings. The molecule has 0 bridgehead atoms. The Balaban J connectivity index is 2.56. The van der Waals surface area contributed by atoms with Gasteiger partial charge >= 0.3 is 0 Å². The molecule has 3 nitrogen and oxygen atoms in total. The molecule has 0 aromatic carbocycles. The van der Waals surface area contributed by atoms with Crippen molar-refractivity contribution in [2.24, 2.45) is 0 Å². The van der Waals surface area contributed by atoms with E-state index in [0.29, 0.717) is 30.2 Å². The van der Waals surface area contributed by atoms with E-state index < -0.39 is 0 Å². The lowest BCUT2D eigenvalue weighted by Gasteiger charge is -2.01. The Morgan fingerprint density at radius 3 is 3.07 bits per heavy atom. The predicted molar refractivity (Wildman–Crippen MR) is 54.7 cm³/mol. The summed E-state index contributed by atoms with van der Waals surface area (Å²) in [6.07, 6.45) is 2.68. The summed E-state index contributed by atoms with van der Waals surface area (Å²) in [6.45, 7) is 0.580. The van der Waals surface area contributed by atoms with E-state index >= 15 is 0 Å². The average Bonchev–Trinajstić information content (AvgIpc) is 2.18. The number of Topliss-reactive ketones (excluding diaryl/α,β-unsaturated/α-hetero) is 1. The molecular weight excluding hydrogens is 202 g/mol. The number of carbonyl (C=O) groups is 1. The van der Waals surface area contributed by atoms with Crippen molar-refractivity contribution in [2.45, 2.75) is 12.8 Å². The Morgan fingerprint density at radius 2 is 2.43 bits per heavy atom. The molecule has 0 N–H and O–H groups in total. The van der Waals surface area contributed by atoms with Gasteiger partial charge < -0.3 is 4.74 Å². The Labute approximate surface area is 88.1 Å². The van der Waals surface area contributed by atoms with Crippen LogP contribution < -0.4 is 0 Å². The maximum atomic E-state index is 11.5. The highest BCUT2D eigenvalue weighted by atomic mass is 35.5. The summed E-state index contributed by atoms with van der Waals surface area (Å²) in [7, 11) is 1.61. The SMILES string of the molecule is COCCCC(=O)c1ncccc1Cl. The molecule has 0 fully saturated rings. The summed E-state index contributed by atoms with van der Waals surface area (Å²) >= 11 is 5.82. The monoisotopic (exact) mass is 213 g/mol. The van der Waals surface area contributed by atoms with Crippen LogP contribution in [0.3, 0.4) is 0 Å². The van der Waals surface area contributed by atoms with Gasteiger partial charge in [0.2, 0.25) is 0 Å². The highest BCUT2D eigenvalue weighted by molar-refractivity contribution is 6.33. The third kappa shape index (κ3) is 3.09. The van der Waals surface area contributed by atoms with E-state index in [2.05, 4.69) is 4.98 Å². The lowest BCUT2D eigenvalue weighted by molar-refractivity contribution is 0.0959. The predicted octanol–water partition coefficient (Wildman–Crippen LogP) is 2.34. The molecule has 1 heterocycles. The van der Waals surface area contributed by atoms with Gasteiger partial charge in [-0.2, -0.15) is 0 Å². The molecule has 0 saturated carbocycles. The fourth-order valence-corrected chi connectivity index (χ4v) is 1.31. The molecule has 14 heavy (non-hydrogen) atoms. The first-order valence-corrected chi connectivity index (χ1v) is 4.76. The molecule has 0 saturated heterocycles. The molecule has 0 spiro atoms. The first kappa shape index (κ1) is 11.1. The Kier molecular flexibility index (Phi) is 4.56. The van der Waals surface area contributed by atoms with Crippen molar-refractivity contribution in [3.05, 3.63) is 29.0 Å². The first-order chi connectivity index (χ1) is 6.75. The molecule has 0 aliphatic heterocycles. The minimum atomic E-state index is -0.0346. The number of methoxy groups -OCH3 is 1. The van der Waals surface area contributed by atoms with Crippen molar-refractivity contribution in [1.82, 2.24) is 4.98 Å². The van der Waals surface area contributed by atoms with Crippen LogP contribution in [0.15, 0.2) is 18.3 Å². The van der Waals surface area contributed by atoms with E-state index in [-0.39, 0.29) is 5.78 Å². The quantitative estimate of drug-likeness (QED) is 0.557. The van der Waals surface area contributed by atoms with Crippen LogP contribution in [0.25, 0.3) is 0 Å². The Bertz CT molecular complexity index is 315. The number of hydrogen-bond acceptors (Lipinski definition) is 3. The van der Waals surface area contributed by atoms with E-state index in [1.54, 1.807) is 25.4 Å². The molecule has 0 radical (unpaired) electrons. The molecule has 1 rings (SSSR count). The lowest BCUT2D eigenvalue weighted by atomic mass is 10.1. The number of hydrogen-bond donors (Lipinski definition) is 0. The standard InChI is InChI=1S/C10H12ClNO2/c1-14-7-3-5-9(13)10-8(11)4-2-6-12-10/h2,4,6H,3,5,7H2,1H3. The summed E-state index contributed by atoms with van der Waals surface area (Å²) in [5, 5.41) is 0.412. The van der Waals surface area contributed by atoms with Gasteiger partial charge in [0, 0.05) is 26.3 Å². The van der Waals surface area contributed by atoms with E-state index in [9.17, 15) is 4.79 Å². The van der Waals surface area contributed by atoms with Gasteiger partial charge in [0.05, 0.1) is 5.02 Å². The Morgan fingerprint density at radius 1 is 1.64 bits per heavy atom. The number of rotatable bonds is 5. The van der Waals surface area contributed by atoms with Crippen molar-refractivity contribution >= 4 is 17.4 Å². The van der Waals surface area contributed by atoms with Crippen molar-refractivity contribution in [3.63, 3.8) is 0 Å². The van der Waals surface area contributed by atoms with Gasteiger partial charge in [0.1, 0.15) is 5.69 Å². The van der Waals surface area contributed by atoms with E-state index in [1.807, 2.05) is 0 Å². The van der Waals surface area contributed by atoms with Crippen LogP contribution in [0.4, 0.5) is 0 Å². The second-order valence-electron chi connectivity index (χ2n) is 2.85. The highest BCUT2D eigenvalue weighted by Crippen LogP contribution is 2.14. The topological polar surface area (TPSA) is 39.2 Å². The van der Waals surface area contributed by atoms with Gasteiger partial charge in [0.25, 0.3) is 0 Å². The molecule has 0 atom stereocenters. The van der Waals surface area contributed by atoms with Crippen molar-refractivity contribution in [3.8, 4) is 0 Å². The minimum absolute atomic E-state index is 0.0346. The average molecular weight is 214 g/mol. The second-order valence-corrected chi connectivity index (χ2v) is 3.26. The van der Waals surface area contributed by atoms with Crippen molar-refractivity contribution in [2.75, 3.05) is 13.7 Å². The second kappa shape index (κ2) is 5.73. The van der Waals surface area contributed by atoms with Crippen LogP contribution in [0, 0.1) is 0 Å². The molecule has 76 valence electrons. The highest BCUT2D eigenvalue weighted by Gasteiger charge is 2.10. The Hall–Kier alpha value is -0.930. The third-order valence-corrected chi connectivity index (χ3v) is 2.08. The largest absolute Gasteiger partial charge is 0.385 e. The molecule has 0 aliphatic rings. The van der Waals surface area contributed by atoms with Crippen molar-refractivity contribution < 1.29 is 9.53 Å². The summed E-state index contributed by atoms with van der Waals surface area (Å²) in [4.78, 5) is 15.5. The zero-order chi connectivity index (χ0) is 10.4. The van der Waals surface area contributed by atoms with Crippen molar-refractivity contribution in [1.29, 1.82) is 0 Å². The van der Waals surface area contributed by atoms with Gasteiger partial charge in [-0.25, -0.2) is 0 Å². The maximum absolute atomic E-state index is 11.5. The number of halogens is 1. The number of aromatic nitrogens is 1. The molecule has 4 heteroatoms. The van der Waals surface area contributed by atoms with Gasteiger partial charge in [-0.3, -0.25) is 9.78 Å². The number of ketones is 1. The van der Waals surface area contributed by atoms with Gasteiger partial charge in [-0.1, -0.05) is 11.6 Å². The summed E-state index contributed by atoms with van der Waals surface area (Å²) in [5.74, 6) is -0.0346. The van der Waals surface area contributed by atoms with Gasteiger partial charge in [-0.15, -0.1) is 0 Å². The summed E-state index contributed by atoms with van der Waals surface area (Å²) < 4.78 is 4.85.